The summed E-state index contributed by atoms with van der Waals surface area (Å²) in [6, 6.07) is 0.0946. The van der Waals surface area contributed by atoms with E-state index in [1.165, 1.54) is 0 Å². The molecule has 0 saturated carbocycles. The van der Waals surface area contributed by atoms with Crippen molar-refractivity contribution in [1.82, 2.24) is 20.9 Å². The number of rotatable bonds is 5. The van der Waals surface area contributed by atoms with Gasteiger partial charge in [0.25, 0.3) is 0 Å². The summed E-state index contributed by atoms with van der Waals surface area (Å²) in [5, 5.41) is 10.5. The molecule has 0 radical (unpaired) electrons. The lowest BCUT2D eigenvalue weighted by molar-refractivity contribution is -0.140. The van der Waals surface area contributed by atoms with Crippen molar-refractivity contribution in [1.29, 1.82) is 0 Å². The van der Waals surface area contributed by atoms with E-state index in [0.717, 1.165) is 23.1 Å². The van der Waals surface area contributed by atoms with Crippen LogP contribution in [-0.2, 0) is 17.4 Å². The van der Waals surface area contributed by atoms with Gasteiger partial charge in [0.1, 0.15) is 0 Å². The van der Waals surface area contributed by atoms with Crippen LogP contribution in [0, 0.1) is 0 Å². The van der Waals surface area contributed by atoms with E-state index in [1.54, 1.807) is 0 Å². The summed E-state index contributed by atoms with van der Waals surface area (Å²) in [6.07, 6.45) is -2.87. The third kappa shape index (κ3) is 5.66. The number of piperidine rings is 1. The van der Waals surface area contributed by atoms with Crippen LogP contribution in [0.4, 0.5) is 13.2 Å². The Balaban J connectivity index is 1.86. The van der Waals surface area contributed by atoms with Gasteiger partial charge < -0.3 is 16.0 Å². The van der Waals surface area contributed by atoms with Gasteiger partial charge in [-0.05, 0) is 13.3 Å². The average Bonchev–Trinajstić information content (AvgIpc) is 2.99. The van der Waals surface area contributed by atoms with E-state index in [2.05, 4.69) is 25.9 Å². The monoisotopic (exact) mass is 363 g/mol. The molecular formula is C14H20F3N5OS. The molecule has 6 nitrogen and oxygen atoms in total. The van der Waals surface area contributed by atoms with Crippen LogP contribution in [0.5, 0.6) is 0 Å². The van der Waals surface area contributed by atoms with Crippen LogP contribution in [0.1, 0.15) is 30.5 Å². The molecule has 0 aromatic carbocycles. The molecule has 1 aliphatic rings. The molecule has 0 bridgehead atoms. The Morgan fingerprint density at radius 3 is 2.92 bits per heavy atom. The van der Waals surface area contributed by atoms with Crippen molar-refractivity contribution < 1.29 is 18.0 Å². The first kappa shape index (κ1) is 18.5. The number of aliphatic imine (C=N–C) groups is 1. The number of amides is 1. The molecule has 1 saturated heterocycles. The lowest BCUT2D eigenvalue weighted by Gasteiger charge is -2.25. The van der Waals surface area contributed by atoms with E-state index in [4.69, 9.17) is 0 Å². The maximum Gasteiger partial charge on any atom is 0.434 e. The summed E-state index contributed by atoms with van der Waals surface area (Å²) in [5.74, 6) is 0.630. The summed E-state index contributed by atoms with van der Waals surface area (Å²) in [4.78, 5) is 19.1. The highest BCUT2D eigenvalue weighted by Gasteiger charge is 2.33. The Hall–Kier alpha value is -1.84. The molecule has 1 atom stereocenters. The second-order valence-corrected chi connectivity index (χ2v) is 6.26. The number of thiazole rings is 1. The van der Waals surface area contributed by atoms with E-state index in [1.807, 2.05) is 6.92 Å². The van der Waals surface area contributed by atoms with Gasteiger partial charge in [-0.25, -0.2) is 4.98 Å². The number of guanidine groups is 1. The number of hydrogen-bond acceptors (Lipinski definition) is 4. The Morgan fingerprint density at radius 2 is 2.33 bits per heavy atom. The second kappa shape index (κ2) is 8.32. The Morgan fingerprint density at radius 1 is 1.54 bits per heavy atom. The van der Waals surface area contributed by atoms with Crippen molar-refractivity contribution in [3.63, 3.8) is 0 Å². The van der Waals surface area contributed by atoms with Gasteiger partial charge in [0.2, 0.25) is 5.91 Å². The lowest BCUT2D eigenvalue weighted by atomic mass is 10.1. The van der Waals surface area contributed by atoms with Gasteiger partial charge in [-0.3, -0.25) is 9.79 Å². The van der Waals surface area contributed by atoms with Crippen molar-refractivity contribution in [2.24, 2.45) is 4.99 Å². The summed E-state index contributed by atoms with van der Waals surface area (Å²) < 4.78 is 37.5. The van der Waals surface area contributed by atoms with Crippen molar-refractivity contribution in [3.05, 3.63) is 16.1 Å². The molecular weight excluding hydrogens is 343 g/mol. The van der Waals surface area contributed by atoms with Crippen LogP contribution < -0.4 is 16.0 Å². The molecule has 0 aliphatic carbocycles. The van der Waals surface area contributed by atoms with Gasteiger partial charge in [0, 0.05) is 43.9 Å². The summed E-state index contributed by atoms with van der Waals surface area (Å²) in [6.45, 7) is 3.46. The molecule has 0 spiro atoms. The second-order valence-electron chi connectivity index (χ2n) is 5.32. The topological polar surface area (TPSA) is 78.4 Å². The molecule has 1 aromatic rings. The first-order valence-corrected chi connectivity index (χ1v) is 8.59. The van der Waals surface area contributed by atoms with Gasteiger partial charge in [-0.15, -0.1) is 11.3 Å². The number of nitrogens with zero attached hydrogens (tertiary/aromatic N) is 2. The first-order chi connectivity index (χ1) is 11.4. The van der Waals surface area contributed by atoms with E-state index >= 15 is 0 Å². The van der Waals surface area contributed by atoms with Crippen LogP contribution >= 0.6 is 11.3 Å². The molecule has 1 aromatic heterocycles. The summed E-state index contributed by atoms with van der Waals surface area (Å²) in [7, 11) is 0. The number of nitrogens with one attached hydrogen (secondary N) is 3. The van der Waals surface area contributed by atoms with E-state index in [-0.39, 0.29) is 11.9 Å². The standard InChI is InChI=1S/C14H20F3N5OS/c1-2-18-13(21-9-3-4-11(23)20-7-9)19-6-5-12-22-10(8-24-12)14(15,16)17/h8-9H,2-7H2,1H3,(H,20,23)(H2,18,19,21). The van der Waals surface area contributed by atoms with Gasteiger partial charge in [0.05, 0.1) is 5.01 Å². The van der Waals surface area contributed by atoms with Crippen LogP contribution in [0.25, 0.3) is 0 Å². The van der Waals surface area contributed by atoms with Crippen molar-refractivity contribution in [3.8, 4) is 0 Å². The highest BCUT2D eigenvalue weighted by Crippen LogP contribution is 2.30. The number of aromatic nitrogens is 1. The van der Waals surface area contributed by atoms with Crippen molar-refractivity contribution >= 4 is 23.2 Å². The minimum Gasteiger partial charge on any atom is -0.357 e. The molecule has 1 amide bonds. The van der Waals surface area contributed by atoms with Gasteiger partial charge in [-0.2, -0.15) is 13.2 Å². The molecule has 2 rings (SSSR count). The zero-order valence-electron chi connectivity index (χ0n) is 13.2. The van der Waals surface area contributed by atoms with Crippen molar-refractivity contribution in [2.75, 3.05) is 19.6 Å². The highest BCUT2D eigenvalue weighted by atomic mass is 32.1. The third-order valence-corrected chi connectivity index (χ3v) is 4.30. The SMILES string of the molecule is CCNC(=NCCc1nc(C(F)(F)F)cs1)NC1CCC(=O)NC1. The van der Waals surface area contributed by atoms with Crippen LogP contribution in [0.2, 0.25) is 0 Å². The van der Waals surface area contributed by atoms with Crippen LogP contribution in [0.15, 0.2) is 10.4 Å². The number of halogens is 3. The quantitative estimate of drug-likeness (QED) is 0.548. The fourth-order valence-corrected chi connectivity index (χ4v) is 2.98. The van der Waals surface area contributed by atoms with Crippen LogP contribution in [-0.4, -0.2) is 42.5 Å². The summed E-state index contributed by atoms with van der Waals surface area (Å²) in [5.41, 5.74) is -0.852. The predicted octanol–water partition coefficient (Wildman–Crippen LogP) is 1.54. The smallest absolute Gasteiger partial charge is 0.357 e. The highest BCUT2D eigenvalue weighted by molar-refractivity contribution is 7.09. The zero-order chi connectivity index (χ0) is 17.6. The Bertz CT molecular complexity index is 577. The molecule has 1 fully saturated rings. The molecule has 24 heavy (non-hydrogen) atoms. The number of carbonyl (C=O) groups is 1. The fraction of sp³-hybridized carbons (Fsp3) is 0.643. The molecule has 2 heterocycles. The van der Waals surface area contributed by atoms with Crippen LogP contribution in [0.3, 0.4) is 0 Å². The maximum absolute atomic E-state index is 12.5. The fourth-order valence-electron chi connectivity index (χ4n) is 2.19. The van der Waals surface area contributed by atoms with E-state index in [0.29, 0.717) is 43.4 Å². The summed E-state index contributed by atoms with van der Waals surface area (Å²) >= 11 is 0.989. The Labute approximate surface area is 142 Å². The average molecular weight is 363 g/mol. The largest absolute Gasteiger partial charge is 0.434 e. The molecule has 3 N–H and O–H groups in total. The number of carbonyl (C=O) groups excluding carboxylic acids is 1. The maximum atomic E-state index is 12.5. The predicted molar refractivity (Wildman–Crippen MR) is 86.0 cm³/mol. The number of alkyl halides is 3. The van der Waals surface area contributed by atoms with E-state index in [9.17, 15) is 18.0 Å². The molecule has 1 aliphatic heterocycles. The van der Waals surface area contributed by atoms with Gasteiger partial charge >= 0.3 is 6.18 Å². The number of hydrogen-bond donors (Lipinski definition) is 3. The third-order valence-electron chi connectivity index (χ3n) is 3.39. The molecule has 10 heteroatoms. The molecule has 134 valence electrons. The normalized spacial score (nSPS) is 19.1. The van der Waals surface area contributed by atoms with Crippen molar-refractivity contribution in [2.45, 2.75) is 38.4 Å². The first-order valence-electron chi connectivity index (χ1n) is 7.71. The Kier molecular flexibility index (Phi) is 6.41. The molecule has 1 unspecified atom stereocenters. The minimum atomic E-state index is -4.40. The van der Waals surface area contributed by atoms with E-state index < -0.39 is 11.9 Å². The lowest BCUT2D eigenvalue weighted by Crippen LogP contribution is -2.51. The van der Waals surface area contributed by atoms with Gasteiger partial charge in [-0.1, -0.05) is 0 Å². The zero-order valence-corrected chi connectivity index (χ0v) is 14.1. The van der Waals surface area contributed by atoms with Gasteiger partial charge in [0.15, 0.2) is 11.7 Å². The minimum absolute atomic E-state index is 0.0410.